The van der Waals surface area contributed by atoms with Gasteiger partial charge in [0, 0.05) is 77.2 Å². The largest absolute Gasteiger partial charge is 0.447 e. The lowest BCUT2D eigenvalue weighted by Gasteiger charge is -2.23. The molecule has 5 N–H and O–H groups in total. The molecule has 53 heavy (non-hydrogen) atoms. The molecule has 2 unspecified atom stereocenters. The number of ether oxygens (including phenoxy) is 4. The number of ketones is 3. The van der Waals surface area contributed by atoms with E-state index in [1.807, 2.05) is 0 Å². The zero-order valence-electron chi connectivity index (χ0n) is 30.7. The highest BCUT2D eigenvalue weighted by Gasteiger charge is 2.30. The molecule has 1 rings (SSSR count). The third kappa shape index (κ3) is 23.1. The highest BCUT2D eigenvalue weighted by molar-refractivity contribution is 6.13. The third-order valence-electron chi connectivity index (χ3n) is 7.99. The summed E-state index contributed by atoms with van der Waals surface area (Å²) in [6.07, 6.45) is 4.96. The Bertz CT molecular complexity index is 1190. The molecular formula is C36H61N5O12. The van der Waals surface area contributed by atoms with E-state index in [2.05, 4.69) is 16.0 Å². The van der Waals surface area contributed by atoms with E-state index in [1.165, 1.54) is 12.2 Å². The normalized spacial score (nSPS) is 13.3. The summed E-state index contributed by atoms with van der Waals surface area (Å²) in [4.78, 5) is 98.5. The molecule has 2 atom stereocenters. The fourth-order valence-corrected chi connectivity index (χ4v) is 5.07. The fourth-order valence-electron chi connectivity index (χ4n) is 5.07. The Morgan fingerprint density at radius 2 is 1.38 bits per heavy atom. The van der Waals surface area contributed by atoms with Crippen molar-refractivity contribution in [3.8, 4) is 0 Å². The van der Waals surface area contributed by atoms with Crippen molar-refractivity contribution in [2.75, 3.05) is 66.4 Å². The number of hydrogen-bond acceptors (Lipinski definition) is 12. The van der Waals surface area contributed by atoms with Gasteiger partial charge in [-0.15, -0.1) is 0 Å². The van der Waals surface area contributed by atoms with Gasteiger partial charge < -0.3 is 40.6 Å². The van der Waals surface area contributed by atoms with Crippen LogP contribution in [0.5, 0.6) is 0 Å². The number of primary amides is 1. The second-order valence-corrected chi connectivity index (χ2v) is 12.6. The predicted octanol–water partition coefficient (Wildman–Crippen LogP) is 1.99. The number of urea groups is 1. The summed E-state index contributed by atoms with van der Waals surface area (Å²) in [6.45, 7) is 5.36. The average molecular weight is 756 g/mol. The van der Waals surface area contributed by atoms with Gasteiger partial charge in [-0.1, -0.05) is 21.3 Å². The van der Waals surface area contributed by atoms with E-state index in [-0.39, 0.29) is 89.9 Å². The summed E-state index contributed by atoms with van der Waals surface area (Å²) >= 11 is 0. The van der Waals surface area contributed by atoms with Crippen molar-refractivity contribution in [3.63, 3.8) is 0 Å². The van der Waals surface area contributed by atoms with Gasteiger partial charge in [-0.2, -0.15) is 0 Å². The van der Waals surface area contributed by atoms with Gasteiger partial charge in [0.15, 0.2) is 11.6 Å². The van der Waals surface area contributed by atoms with Crippen LogP contribution in [0.3, 0.4) is 0 Å². The smallest absolute Gasteiger partial charge is 0.407 e. The van der Waals surface area contributed by atoms with Crippen molar-refractivity contribution in [1.29, 1.82) is 0 Å². The number of carbonyl (C=O) groups excluding carboxylic acids is 8. The van der Waals surface area contributed by atoms with Gasteiger partial charge in [0.25, 0.3) is 11.8 Å². The van der Waals surface area contributed by atoms with Gasteiger partial charge in [0.1, 0.15) is 12.4 Å². The van der Waals surface area contributed by atoms with Crippen LogP contribution in [-0.2, 0) is 47.7 Å². The number of nitrogens with two attached hydrogens (primary N) is 1. The Morgan fingerprint density at radius 1 is 0.774 bits per heavy atom. The summed E-state index contributed by atoms with van der Waals surface area (Å²) in [5.74, 6) is -3.08. The molecule has 0 fully saturated rings. The second-order valence-electron chi connectivity index (χ2n) is 12.6. The van der Waals surface area contributed by atoms with Crippen molar-refractivity contribution in [2.24, 2.45) is 17.6 Å². The van der Waals surface area contributed by atoms with Crippen LogP contribution in [0.2, 0.25) is 0 Å². The number of nitrogens with zero attached hydrogens (tertiary/aromatic N) is 1. The minimum atomic E-state index is -0.948. The standard InChI is InChI=1S/C35H57N5O12.CH4/c1-25(2)32(39-35(48)52-22-21-51-18-6-4-10-27(41)14-16-40-30(44)12-13-31(40)45)29(43)23-26(9-8-15-37-34(36)47)33(46)38-24-28(42)11-5-7-17-50-20-19-49-3;/h12-13,25-26,32H,4-11,14-24H2,1-3H3,(H,38,46)(H,39,48)(H3,36,37,47);1H4. The Morgan fingerprint density at radius 3 is 1.96 bits per heavy atom. The molecular weight excluding hydrogens is 694 g/mol. The van der Waals surface area contributed by atoms with Gasteiger partial charge >= 0.3 is 12.1 Å². The number of nitrogens with one attached hydrogen (secondary N) is 3. The van der Waals surface area contributed by atoms with Crippen LogP contribution in [0.1, 0.15) is 85.5 Å². The van der Waals surface area contributed by atoms with E-state index in [0.717, 1.165) is 4.90 Å². The highest BCUT2D eigenvalue weighted by atomic mass is 16.6. The number of rotatable bonds is 31. The number of hydrogen-bond donors (Lipinski definition) is 4. The number of methoxy groups -OCH3 is 1. The van der Waals surface area contributed by atoms with Crippen molar-refractivity contribution < 1.29 is 57.3 Å². The minimum absolute atomic E-state index is 0. The Balaban J connectivity index is 0.0000270. The molecule has 0 saturated heterocycles. The molecule has 0 saturated carbocycles. The number of imide groups is 1. The summed E-state index contributed by atoms with van der Waals surface area (Å²) in [5, 5.41) is 7.64. The zero-order valence-corrected chi connectivity index (χ0v) is 30.7. The lowest BCUT2D eigenvalue weighted by molar-refractivity contribution is -0.137. The first-order valence-corrected chi connectivity index (χ1v) is 17.8. The molecule has 0 radical (unpaired) electrons. The van der Waals surface area contributed by atoms with Gasteiger partial charge in [-0.25, -0.2) is 9.59 Å². The van der Waals surface area contributed by atoms with Crippen LogP contribution in [0.25, 0.3) is 0 Å². The molecule has 1 aliphatic heterocycles. The Hall–Kier alpha value is -4.22. The predicted molar refractivity (Wildman–Crippen MR) is 194 cm³/mol. The van der Waals surface area contributed by atoms with Crippen LogP contribution >= 0.6 is 0 Å². The average Bonchev–Trinajstić information content (AvgIpc) is 3.42. The summed E-state index contributed by atoms with van der Waals surface area (Å²) in [6, 6.07) is -1.66. The Labute approximate surface area is 312 Å². The maximum atomic E-state index is 13.3. The van der Waals surface area contributed by atoms with Crippen LogP contribution in [-0.4, -0.2) is 125 Å². The van der Waals surface area contributed by atoms with E-state index in [9.17, 15) is 38.4 Å². The molecule has 1 aliphatic rings. The molecule has 17 heteroatoms. The minimum Gasteiger partial charge on any atom is -0.447 e. The molecule has 0 spiro atoms. The quantitative estimate of drug-likeness (QED) is 0.0587. The van der Waals surface area contributed by atoms with Crippen molar-refractivity contribution in [2.45, 2.75) is 91.5 Å². The molecule has 1 heterocycles. The van der Waals surface area contributed by atoms with E-state index in [1.54, 1.807) is 21.0 Å². The van der Waals surface area contributed by atoms with E-state index >= 15 is 0 Å². The maximum absolute atomic E-state index is 13.3. The molecule has 0 aromatic carbocycles. The van der Waals surface area contributed by atoms with E-state index < -0.39 is 47.6 Å². The summed E-state index contributed by atoms with van der Waals surface area (Å²) in [7, 11) is 1.58. The number of alkyl carbamates (subject to hydrolysis) is 1. The maximum Gasteiger partial charge on any atom is 0.407 e. The van der Waals surface area contributed by atoms with E-state index in [4.69, 9.17) is 24.7 Å². The number of amides is 6. The first-order valence-electron chi connectivity index (χ1n) is 17.8. The van der Waals surface area contributed by atoms with Crippen LogP contribution < -0.4 is 21.7 Å². The zero-order chi connectivity index (χ0) is 38.7. The summed E-state index contributed by atoms with van der Waals surface area (Å²) in [5.41, 5.74) is 5.12. The molecule has 0 aromatic heterocycles. The number of Topliss-reactive ketones (excluding diaryl/α,β-unsaturated/α-hetero) is 3. The Kier molecular flexibility index (Phi) is 26.9. The first-order chi connectivity index (χ1) is 24.8. The lowest BCUT2D eigenvalue weighted by atomic mass is 9.89. The van der Waals surface area contributed by atoms with Crippen molar-refractivity contribution >= 4 is 47.2 Å². The van der Waals surface area contributed by atoms with Crippen LogP contribution in [0, 0.1) is 11.8 Å². The second kappa shape index (κ2) is 29.3. The number of unbranched alkanes of at least 4 members (excludes halogenated alkanes) is 2. The molecule has 0 aliphatic carbocycles. The molecule has 6 amide bonds. The van der Waals surface area contributed by atoms with Gasteiger partial charge in [-0.3, -0.25) is 33.7 Å². The number of carbonyl (C=O) groups is 8. The lowest BCUT2D eigenvalue weighted by Crippen LogP contribution is -2.46. The van der Waals surface area contributed by atoms with Crippen molar-refractivity contribution in [1.82, 2.24) is 20.9 Å². The van der Waals surface area contributed by atoms with Crippen LogP contribution in [0.4, 0.5) is 9.59 Å². The van der Waals surface area contributed by atoms with Gasteiger partial charge in [0.05, 0.1) is 32.4 Å². The third-order valence-corrected chi connectivity index (χ3v) is 7.99. The van der Waals surface area contributed by atoms with Crippen LogP contribution in [0.15, 0.2) is 12.2 Å². The fraction of sp³-hybridized carbons (Fsp3) is 0.722. The molecule has 302 valence electrons. The first kappa shape index (κ1) is 48.8. The monoisotopic (exact) mass is 755 g/mol. The molecule has 17 nitrogen and oxygen atoms in total. The topological polar surface area (TPSA) is 239 Å². The summed E-state index contributed by atoms with van der Waals surface area (Å²) < 4.78 is 20.9. The van der Waals surface area contributed by atoms with Gasteiger partial charge in [0.2, 0.25) is 5.91 Å². The molecule has 0 aromatic rings. The van der Waals surface area contributed by atoms with E-state index in [0.29, 0.717) is 58.5 Å². The molecule has 0 bridgehead atoms. The van der Waals surface area contributed by atoms with Gasteiger partial charge in [-0.05, 0) is 44.4 Å². The SMILES string of the molecule is C.COCCOCCCCC(=O)CNC(=O)C(CCCNC(N)=O)CC(=O)C(NC(=O)OCCOCCCCC(=O)CCN1C(=O)C=CC1=O)C(C)C. The van der Waals surface area contributed by atoms with Crippen molar-refractivity contribution in [3.05, 3.63) is 12.2 Å². The highest BCUT2D eigenvalue weighted by Crippen LogP contribution is 2.17.